The second kappa shape index (κ2) is 6.40. The third-order valence-corrected chi connectivity index (χ3v) is 3.66. The minimum atomic E-state index is -0.598. The Labute approximate surface area is 118 Å². The number of hydrogen-bond donors (Lipinski definition) is 2. The van der Waals surface area contributed by atoms with Crippen molar-refractivity contribution in [3.8, 4) is 0 Å². The predicted octanol–water partition coefficient (Wildman–Crippen LogP) is 0.532. The number of nitrogens with zero attached hydrogens (tertiary/aromatic N) is 3. The van der Waals surface area contributed by atoms with Crippen LogP contribution in [0, 0.1) is 0 Å². The number of carbonyl (C=O) groups excluding carboxylic acids is 2. The number of urea groups is 1. The monoisotopic (exact) mass is 279 g/mol. The molecule has 7 heteroatoms. The van der Waals surface area contributed by atoms with E-state index in [9.17, 15) is 9.59 Å². The van der Waals surface area contributed by atoms with Gasteiger partial charge in [-0.3, -0.25) is 9.48 Å². The van der Waals surface area contributed by atoms with Crippen molar-refractivity contribution in [1.29, 1.82) is 0 Å². The van der Waals surface area contributed by atoms with Gasteiger partial charge in [-0.15, -0.1) is 0 Å². The molecule has 1 saturated heterocycles. The highest BCUT2D eigenvalue weighted by Gasteiger charge is 2.29. The quantitative estimate of drug-likeness (QED) is 0.842. The number of likely N-dealkylation sites (tertiary alicyclic amines) is 1. The van der Waals surface area contributed by atoms with E-state index in [1.807, 2.05) is 22.7 Å². The highest BCUT2D eigenvalue weighted by atomic mass is 16.2. The van der Waals surface area contributed by atoms with Gasteiger partial charge in [-0.2, -0.15) is 5.10 Å². The standard InChI is InChI=1S/C13H21N5O2/c1-17-10(5-8-16-17)11-4-2-3-9-18(11)12(19)6-7-15-13(14)20/h5,8,11H,2-4,6-7,9H2,1H3,(H3,14,15,20). The summed E-state index contributed by atoms with van der Waals surface area (Å²) in [5.74, 6) is 0.0460. The van der Waals surface area contributed by atoms with E-state index < -0.39 is 6.03 Å². The Morgan fingerprint density at radius 1 is 1.50 bits per heavy atom. The van der Waals surface area contributed by atoms with Gasteiger partial charge in [0.2, 0.25) is 5.91 Å². The van der Waals surface area contributed by atoms with Crippen LogP contribution in [0.1, 0.15) is 37.4 Å². The average Bonchev–Trinajstić information content (AvgIpc) is 2.84. The summed E-state index contributed by atoms with van der Waals surface area (Å²) in [6.07, 6.45) is 5.11. The molecular weight excluding hydrogens is 258 g/mol. The number of carbonyl (C=O) groups is 2. The lowest BCUT2D eigenvalue weighted by atomic mass is 9.98. The molecule has 0 saturated carbocycles. The Morgan fingerprint density at radius 3 is 2.95 bits per heavy atom. The summed E-state index contributed by atoms with van der Waals surface area (Å²) >= 11 is 0. The molecule has 2 rings (SSSR count). The number of nitrogens with two attached hydrogens (primary N) is 1. The van der Waals surface area contributed by atoms with Crippen molar-refractivity contribution in [3.05, 3.63) is 18.0 Å². The van der Waals surface area contributed by atoms with Crippen molar-refractivity contribution in [2.75, 3.05) is 13.1 Å². The van der Waals surface area contributed by atoms with Gasteiger partial charge in [-0.05, 0) is 25.3 Å². The van der Waals surface area contributed by atoms with Crippen LogP contribution in [0.2, 0.25) is 0 Å². The Kier molecular flexibility index (Phi) is 4.60. The maximum Gasteiger partial charge on any atom is 0.312 e. The van der Waals surface area contributed by atoms with E-state index in [1.54, 1.807) is 6.20 Å². The van der Waals surface area contributed by atoms with Crippen LogP contribution in [0.15, 0.2) is 12.3 Å². The molecule has 1 unspecified atom stereocenters. The fraction of sp³-hybridized carbons (Fsp3) is 0.615. The number of hydrogen-bond acceptors (Lipinski definition) is 3. The van der Waals surface area contributed by atoms with Crippen LogP contribution in [0.5, 0.6) is 0 Å². The first-order valence-corrected chi connectivity index (χ1v) is 6.90. The summed E-state index contributed by atoms with van der Waals surface area (Å²) in [4.78, 5) is 24.8. The third-order valence-electron chi connectivity index (χ3n) is 3.66. The molecule has 0 aromatic carbocycles. The van der Waals surface area contributed by atoms with Gasteiger partial charge in [-0.1, -0.05) is 0 Å². The Bertz CT molecular complexity index is 485. The molecule has 1 aromatic rings. The summed E-state index contributed by atoms with van der Waals surface area (Å²) in [7, 11) is 1.89. The van der Waals surface area contributed by atoms with E-state index in [0.717, 1.165) is 31.5 Å². The lowest BCUT2D eigenvalue weighted by molar-refractivity contribution is -0.135. The maximum absolute atomic E-state index is 12.3. The second-order valence-corrected chi connectivity index (χ2v) is 5.02. The number of nitrogens with one attached hydrogen (secondary N) is 1. The van der Waals surface area contributed by atoms with E-state index in [-0.39, 0.29) is 24.9 Å². The average molecular weight is 279 g/mol. The van der Waals surface area contributed by atoms with Crippen molar-refractivity contribution >= 4 is 11.9 Å². The molecule has 0 aliphatic carbocycles. The van der Waals surface area contributed by atoms with Crippen LogP contribution in [-0.2, 0) is 11.8 Å². The van der Waals surface area contributed by atoms with Crippen molar-refractivity contribution in [1.82, 2.24) is 20.0 Å². The first-order chi connectivity index (χ1) is 9.59. The summed E-state index contributed by atoms with van der Waals surface area (Å²) in [6.45, 7) is 1.04. The summed E-state index contributed by atoms with van der Waals surface area (Å²) in [5, 5.41) is 6.63. The smallest absolute Gasteiger partial charge is 0.312 e. The molecule has 0 bridgehead atoms. The van der Waals surface area contributed by atoms with Crippen LogP contribution in [-0.4, -0.2) is 39.7 Å². The SMILES string of the molecule is Cn1nccc1C1CCCCN1C(=O)CCNC(N)=O. The van der Waals surface area contributed by atoms with Gasteiger partial charge in [0, 0.05) is 32.8 Å². The second-order valence-electron chi connectivity index (χ2n) is 5.02. The molecule has 1 aromatic heterocycles. The van der Waals surface area contributed by atoms with Crippen molar-refractivity contribution in [2.24, 2.45) is 12.8 Å². The first-order valence-electron chi connectivity index (χ1n) is 6.90. The molecule has 3 N–H and O–H groups in total. The molecule has 7 nitrogen and oxygen atoms in total. The molecule has 0 spiro atoms. The molecule has 1 atom stereocenters. The molecule has 0 radical (unpaired) electrons. The first kappa shape index (κ1) is 14.4. The number of aryl methyl sites for hydroxylation is 1. The normalized spacial score (nSPS) is 18.9. The third kappa shape index (κ3) is 3.28. The number of rotatable bonds is 4. The molecule has 1 aliphatic heterocycles. The van der Waals surface area contributed by atoms with Crippen molar-refractivity contribution < 1.29 is 9.59 Å². The lowest BCUT2D eigenvalue weighted by Crippen LogP contribution is -2.41. The molecule has 2 heterocycles. The van der Waals surface area contributed by atoms with Crippen LogP contribution in [0.4, 0.5) is 4.79 Å². The van der Waals surface area contributed by atoms with Crippen LogP contribution in [0.3, 0.4) is 0 Å². The minimum Gasteiger partial charge on any atom is -0.352 e. The number of piperidine rings is 1. The fourth-order valence-corrected chi connectivity index (χ4v) is 2.68. The summed E-state index contributed by atoms with van der Waals surface area (Å²) < 4.78 is 1.82. The Hall–Kier alpha value is -2.05. The van der Waals surface area contributed by atoms with Gasteiger partial charge in [0.05, 0.1) is 11.7 Å². The van der Waals surface area contributed by atoms with Crippen LogP contribution >= 0.6 is 0 Å². The topological polar surface area (TPSA) is 93.2 Å². The van der Waals surface area contributed by atoms with Gasteiger partial charge in [0.1, 0.15) is 0 Å². The Morgan fingerprint density at radius 2 is 2.30 bits per heavy atom. The zero-order valence-corrected chi connectivity index (χ0v) is 11.7. The molecule has 1 aliphatic rings. The number of amides is 3. The fourth-order valence-electron chi connectivity index (χ4n) is 2.68. The molecular formula is C13H21N5O2. The summed E-state index contributed by atoms with van der Waals surface area (Å²) in [6, 6.07) is 1.44. The largest absolute Gasteiger partial charge is 0.352 e. The van der Waals surface area contributed by atoms with E-state index >= 15 is 0 Å². The van der Waals surface area contributed by atoms with Crippen LogP contribution in [0.25, 0.3) is 0 Å². The predicted molar refractivity (Wildman–Crippen MR) is 73.7 cm³/mol. The molecule has 20 heavy (non-hydrogen) atoms. The van der Waals surface area contributed by atoms with E-state index in [2.05, 4.69) is 10.4 Å². The van der Waals surface area contributed by atoms with Gasteiger partial charge < -0.3 is 16.0 Å². The molecule has 3 amide bonds. The van der Waals surface area contributed by atoms with Gasteiger partial charge in [0.25, 0.3) is 0 Å². The van der Waals surface area contributed by atoms with E-state index in [1.165, 1.54) is 0 Å². The highest BCUT2D eigenvalue weighted by Crippen LogP contribution is 2.30. The van der Waals surface area contributed by atoms with Crippen molar-refractivity contribution in [3.63, 3.8) is 0 Å². The minimum absolute atomic E-state index is 0.0460. The van der Waals surface area contributed by atoms with Crippen molar-refractivity contribution in [2.45, 2.75) is 31.7 Å². The van der Waals surface area contributed by atoms with E-state index in [0.29, 0.717) is 0 Å². The number of primary amides is 1. The number of aromatic nitrogens is 2. The maximum atomic E-state index is 12.3. The summed E-state index contributed by atoms with van der Waals surface area (Å²) in [5.41, 5.74) is 6.05. The lowest BCUT2D eigenvalue weighted by Gasteiger charge is -2.36. The van der Waals surface area contributed by atoms with Gasteiger partial charge >= 0.3 is 6.03 Å². The van der Waals surface area contributed by atoms with Gasteiger partial charge in [0.15, 0.2) is 0 Å². The van der Waals surface area contributed by atoms with Crippen LogP contribution < -0.4 is 11.1 Å². The molecule has 110 valence electrons. The Balaban J connectivity index is 2.01. The van der Waals surface area contributed by atoms with Gasteiger partial charge in [-0.25, -0.2) is 4.79 Å². The van der Waals surface area contributed by atoms with E-state index in [4.69, 9.17) is 5.73 Å². The molecule has 1 fully saturated rings. The zero-order chi connectivity index (χ0) is 14.5. The highest BCUT2D eigenvalue weighted by molar-refractivity contribution is 5.78. The zero-order valence-electron chi connectivity index (χ0n) is 11.7.